The topological polar surface area (TPSA) is 72.2 Å². The van der Waals surface area contributed by atoms with E-state index in [4.69, 9.17) is 5.73 Å². The van der Waals surface area contributed by atoms with E-state index in [1.165, 1.54) is 12.5 Å². The summed E-state index contributed by atoms with van der Waals surface area (Å²) in [6, 6.07) is 4.80. The SMILES string of the molecule is CSC1(CNS(=O)(=O)c2ccc(Br)cc2N)CCC1. The van der Waals surface area contributed by atoms with Gasteiger partial charge in [-0.25, -0.2) is 13.1 Å². The van der Waals surface area contributed by atoms with Gasteiger partial charge < -0.3 is 5.73 Å². The maximum Gasteiger partial charge on any atom is 0.242 e. The minimum absolute atomic E-state index is 0.0667. The molecule has 0 bridgehead atoms. The van der Waals surface area contributed by atoms with Crippen molar-refractivity contribution in [2.24, 2.45) is 0 Å². The van der Waals surface area contributed by atoms with E-state index < -0.39 is 10.0 Å². The third kappa shape index (κ3) is 3.26. The van der Waals surface area contributed by atoms with Gasteiger partial charge in [0.25, 0.3) is 0 Å². The van der Waals surface area contributed by atoms with E-state index >= 15 is 0 Å². The minimum atomic E-state index is -3.54. The fourth-order valence-corrected chi connectivity index (χ4v) is 4.71. The van der Waals surface area contributed by atoms with Crippen molar-refractivity contribution in [1.29, 1.82) is 0 Å². The molecule has 1 saturated carbocycles. The normalized spacial score (nSPS) is 18.0. The highest BCUT2D eigenvalue weighted by Crippen LogP contribution is 2.42. The van der Waals surface area contributed by atoms with Crippen LogP contribution in [-0.4, -0.2) is 26.0 Å². The summed E-state index contributed by atoms with van der Waals surface area (Å²) in [6.07, 6.45) is 5.32. The van der Waals surface area contributed by atoms with Crippen molar-refractivity contribution in [1.82, 2.24) is 4.72 Å². The monoisotopic (exact) mass is 364 g/mol. The summed E-state index contributed by atoms with van der Waals surface area (Å²) in [5, 5.41) is 0. The van der Waals surface area contributed by atoms with Crippen molar-refractivity contribution in [3.63, 3.8) is 0 Å². The van der Waals surface area contributed by atoms with E-state index in [0.29, 0.717) is 6.54 Å². The number of anilines is 1. The van der Waals surface area contributed by atoms with Crippen LogP contribution in [-0.2, 0) is 10.0 Å². The van der Waals surface area contributed by atoms with Crippen molar-refractivity contribution in [2.75, 3.05) is 18.5 Å². The van der Waals surface area contributed by atoms with Crippen LogP contribution in [0.2, 0.25) is 0 Å². The predicted molar refractivity (Wildman–Crippen MR) is 83.8 cm³/mol. The van der Waals surface area contributed by atoms with Crippen molar-refractivity contribution in [3.8, 4) is 0 Å². The molecule has 106 valence electrons. The summed E-state index contributed by atoms with van der Waals surface area (Å²) in [5.74, 6) is 0. The quantitative estimate of drug-likeness (QED) is 0.787. The smallest absolute Gasteiger partial charge is 0.242 e. The van der Waals surface area contributed by atoms with Gasteiger partial charge in [0.2, 0.25) is 10.0 Å². The molecule has 0 radical (unpaired) electrons. The molecule has 3 N–H and O–H groups in total. The van der Waals surface area contributed by atoms with Gasteiger partial charge >= 0.3 is 0 Å². The first kappa shape index (κ1) is 15.2. The Kier molecular flexibility index (Phi) is 4.49. The van der Waals surface area contributed by atoms with Gasteiger partial charge in [0, 0.05) is 15.8 Å². The number of sulfonamides is 1. The van der Waals surface area contributed by atoms with Crippen molar-refractivity contribution in [2.45, 2.75) is 28.9 Å². The lowest BCUT2D eigenvalue weighted by molar-refractivity contribution is 0.362. The van der Waals surface area contributed by atoms with Crippen LogP contribution in [0.1, 0.15) is 19.3 Å². The molecule has 0 unspecified atom stereocenters. The van der Waals surface area contributed by atoms with Gasteiger partial charge in [0.15, 0.2) is 0 Å². The number of hydrogen-bond acceptors (Lipinski definition) is 4. The summed E-state index contributed by atoms with van der Waals surface area (Å²) >= 11 is 5.00. The Morgan fingerprint density at radius 3 is 2.63 bits per heavy atom. The van der Waals surface area contributed by atoms with E-state index in [0.717, 1.165) is 17.3 Å². The number of nitrogen functional groups attached to an aromatic ring is 1. The number of rotatable bonds is 5. The second-order valence-electron chi connectivity index (χ2n) is 4.75. The number of hydrogen-bond donors (Lipinski definition) is 2. The predicted octanol–water partition coefficient (Wildman–Crippen LogP) is 2.60. The van der Waals surface area contributed by atoms with E-state index in [1.807, 2.05) is 6.26 Å². The Morgan fingerprint density at radius 2 is 2.16 bits per heavy atom. The summed E-state index contributed by atoms with van der Waals surface area (Å²) < 4.78 is 28.0. The van der Waals surface area contributed by atoms with E-state index in [2.05, 4.69) is 20.7 Å². The molecule has 0 atom stereocenters. The Balaban J connectivity index is 2.14. The molecule has 1 aromatic rings. The van der Waals surface area contributed by atoms with Crippen LogP contribution in [0.15, 0.2) is 27.6 Å². The number of halogens is 1. The number of thioether (sulfide) groups is 1. The first-order valence-corrected chi connectivity index (χ1v) is 9.48. The van der Waals surface area contributed by atoms with Gasteiger partial charge in [-0.15, -0.1) is 0 Å². The highest BCUT2D eigenvalue weighted by molar-refractivity contribution is 9.10. The average molecular weight is 365 g/mol. The van der Waals surface area contributed by atoms with Gasteiger partial charge in [-0.3, -0.25) is 0 Å². The first-order chi connectivity index (χ1) is 8.88. The Bertz CT molecular complexity index is 566. The summed E-state index contributed by atoms with van der Waals surface area (Å²) in [6.45, 7) is 0.464. The van der Waals surface area contributed by atoms with Crippen LogP contribution in [0.25, 0.3) is 0 Å². The van der Waals surface area contributed by atoms with Gasteiger partial charge in [-0.05, 0) is 37.3 Å². The number of nitrogens with two attached hydrogens (primary N) is 1. The number of nitrogens with one attached hydrogen (secondary N) is 1. The van der Waals surface area contributed by atoms with Gasteiger partial charge in [0.05, 0.1) is 5.69 Å². The zero-order valence-corrected chi connectivity index (χ0v) is 13.9. The van der Waals surface area contributed by atoms with Crippen molar-refractivity contribution >= 4 is 43.4 Å². The molecule has 1 aliphatic carbocycles. The third-order valence-corrected chi connectivity index (χ3v) is 6.93. The lowest BCUT2D eigenvalue weighted by atomic mass is 9.84. The van der Waals surface area contributed by atoms with Crippen molar-refractivity contribution in [3.05, 3.63) is 22.7 Å². The van der Waals surface area contributed by atoms with E-state index in [9.17, 15) is 8.42 Å². The molecule has 1 fully saturated rings. The standard InChI is InChI=1S/C12H17BrN2O2S2/c1-18-12(5-2-6-12)8-15-19(16,17)11-4-3-9(13)7-10(11)14/h3-4,7,15H,2,5-6,8,14H2,1H3. The lowest BCUT2D eigenvalue weighted by Gasteiger charge is -2.40. The van der Waals surface area contributed by atoms with Gasteiger partial charge in [0.1, 0.15) is 4.90 Å². The van der Waals surface area contributed by atoms with E-state index in [1.54, 1.807) is 23.9 Å². The van der Waals surface area contributed by atoms with Gasteiger partial charge in [-0.1, -0.05) is 22.4 Å². The molecular formula is C12H17BrN2O2S2. The second-order valence-corrected chi connectivity index (χ2v) is 8.67. The third-order valence-electron chi connectivity index (χ3n) is 3.54. The molecule has 0 aromatic heterocycles. The molecule has 0 heterocycles. The minimum Gasteiger partial charge on any atom is -0.398 e. The Labute approximate surface area is 126 Å². The summed E-state index contributed by atoms with van der Waals surface area (Å²) in [5.41, 5.74) is 6.03. The molecule has 0 saturated heterocycles. The number of benzene rings is 1. The molecule has 7 heteroatoms. The van der Waals surface area contributed by atoms with Crippen LogP contribution in [0.4, 0.5) is 5.69 Å². The zero-order chi connectivity index (χ0) is 14.1. The first-order valence-electron chi connectivity index (χ1n) is 5.98. The second kappa shape index (κ2) is 5.63. The van der Waals surface area contributed by atoms with Crippen LogP contribution < -0.4 is 10.5 Å². The molecular weight excluding hydrogens is 348 g/mol. The van der Waals surface area contributed by atoms with Gasteiger partial charge in [-0.2, -0.15) is 11.8 Å². The summed E-state index contributed by atoms with van der Waals surface area (Å²) in [7, 11) is -3.54. The summed E-state index contributed by atoms with van der Waals surface area (Å²) in [4.78, 5) is 0.145. The van der Waals surface area contributed by atoms with E-state index in [-0.39, 0.29) is 15.3 Å². The Hall–Kier alpha value is -0.240. The average Bonchev–Trinajstić information content (AvgIpc) is 2.27. The fourth-order valence-electron chi connectivity index (χ4n) is 2.09. The van der Waals surface area contributed by atoms with Crippen LogP contribution in [0.3, 0.4) is 0 Å². The molecule has 2 rings (SSSR count). The maximum atomic E-state index is 12.3. The van der Waals surface area contributed by atoms with Crippen LogP contribution in [0, 0.1) is 0 Å². The highest BCUT2D eigenvalue weighted by Gasteiger charge is 2.37. The highest BCUT2D eigenvalue weighted by atomic mass is 79.9. The largest absolute Gasteiger partial charge is 0.398 e. The molecule has 0 spiro atoms. The van der Waals surface area contributed by atoms with Crippen LogP contribution in [0.5, 0.6) is 0 Å². The lowest BCUT2D eigenvalue weighted by Crippen LogP contribution is -2.45. The zero-order valence-electron chi connectivity index (χ0n) is 10.6. The maximum absolute atomic E-state index is 12.3. The molecule has 19 heavy (non-hydrogen) atoms. The molecule has 4 nitrogen and oxygen atoms in total. The van der Waals surface area contributed by atoms with Crippen LogP contribution >= 0.6 is 27.7 Å². The Morgan fingerprint density at radius 1 is 1.47 bits per heavy atom. The molecule has 0 amide bonds. The molecule has 1 aromatic carbocycles. The van der Waals surface area contributed by atoms with Crippen molar-refractivity contribution < 1.29 is 8.42 Å². The molecule has 0 aliphatic heterocycles. The fraction of sp³-hybridized carbons (Fsp3) is 0.500. The molecule has 1 aliphatic rings.